The number of nitro groups is 1. The summed E-state index contributed by atoms with van der Waals surface area (Å²) in [5.74, 6) is -4.08. The maximum atomic E-state index is 13.0. The maximum absolute atomic E-state index is 13.0. The summed E-state index contributed by atoms with van der Waals surface area (Å²) >= 11 is 0. The lowest BCUT2D eigenvalue weighted by Crippen LogP contribution is -2.39. The lowest BCUT2D eigenvalue weighted by Gasteiger charge is -2.21. The van der Waals surface area contributed by atoms with E-state index in [2.05, 4.69) is 0 Å². The van der Waals surface area contributed by atoms with Crippen molar-refractivity contribution in [2.75, 3.05) is 6.54 Å². The third-order valence-electron chi connectivity index (χ3n) is 5.42. The zero-order valence-corrected chi connectivity index (χ0v) is 17.7. The zero-order valence-electron chi connectivity index (χ0n) is 17.7. The van der Waals surface area contributed by atoms with Gasteiger partial charge in [-0.25, -0.2) is 4.79 Å². The Morgan fingerprint density at radius 3 is 2.12 bits per heavy atom. The minimum Gasteiger partial charge on any atom is -0.389 e. The van der Waals surface area contributed by atoms with Crippen LogP contribution in [0.4, 0.5) is 5.69 Å². The van der Waals surface area contributed by atoms with Crippen molar-refractivity contribution in [1.82, 2.24) is 4.90 Å². The van der Waals surface area contributed by atoms with Gasteiger partial charge in [0.05, 0.1) is 27.5 Å². The second kappa shape index (κ2) is 9.45. The van der Waals surface area contributed by atoms with Gasteiger partial charge in [-0.05, 0) is 36.2 Å². The molecule has 0 saturated heterocycles. The molecule has 0 radical (unpaired) electrons. The molecule has 3 aromatic carbocycles. The van der Waals surface area contributed by atoms with Crippen molar-refractivity contribution in [3.63, 3.8) is 0 Å². The average molecular weight is 458 g/mol. The molecule has 0 spiro atoms. The Kier molecular flexibility index (Phi) is 6.26. The highest BCUT2D eigenvalue weighted by Gasteiger charge is 2.38. The van der Waals surface area contributed by atoms with E-state index in [-0.39, 0.29) is 35.3 Å². The van der Waals surface area contributed by atoms with Gasteiger partial charge in [0.25, 0.3) is 17.5 Å². The Morgan fingerprint density at radius 2 is 1.50 bits per heavy atom. The number of benzene rings is 3. The highest BCUT2D eigenvalue weighted by Crippen LogP contribution is 2.25. The van der Waals surface area contributed by atoms with Gasteiger partial charge < -0.3 is 4.74 Å². The van der Waals surface area contributed by atoms with Crippen molar-refractivity contribution < 1.29 is 28.8 Å². The SMILES string of the molecule is O=C(OC(=O)C(Cc1cccc([N+](=O)[O-])c1)CN1C(=O)c2ccccc2C1=O)c1ccccc1. The highest BCUT2D eigenvalue weighted by molar-refractivity contribution is 6.21. The molecule has 170 valence electrons. The summed E-state index contributed by atoms with van der Waals surface area (Å²) in [6.45, 7) is -0.351. The van der Waals surface area contributed by atoms with E-state index in [1.807, 2.05) is 0 Å². The number of hydrogen-bond acceptors (Lipinski definition) is 7. The molecule has 0 aromatic heterocycles. The number of carbonyl (C=O) groups excluding carboxylic acids is 4. The van der Waals surface area contributed by atoms with Crippen LogP contribution in [0.2, 0.25) is 0 Å². The topological polar surface area (TPSA) is 124 Å². The lowest BCUT2D eigenvalue weighted by molar-refractivity contribution is -0.384. The summed E-state index contributed by atoms with van der Waals surface area (Å²) in [5.41, 5.74) is 0.835. The van der Waals surface area contributed by atoms with Crippen LogP contribution in [0, 0.1) is 16.0 Å². The molecule has 1 heterocycles. The van der Waals surface area contributed by atoms with Crippen molar-refractivity contribution in [3.05, 3.63) is 111 Å². The van der Waals surface area contributed by atoms with Gasteiger partial charge in [-0.15, -0.1) is 0 Å². The number of nitro benzene ring substituents is 1. The van der Waals surface area contributed by atoms with E-state index in [1.54, 1.807) is 36.4 Å². The van der Waals surface area contributed by atoms with Crippen LogP contribution in [-0.2, 0) is 16.0 Å². The van der Waals surface area contributed by atoms with Crippen LogP contribution in [0.25, 0.3) is 0 Å². The predicted molar refractivity (Wildman–Crippen MR) is 119 cm³/mol. The molecule has 9 nitrogen and oxygen atoms in total. The van der Waals surface area contributed by atoms with Gasteiger partial charge in [-0.2, -0.15) is 0 Å². The van der Waals surface area contributed by atoms with E-state index in [9.17, 15) is 29.3 Å². The fourth-order valence-electron chi connectivity index (χ4n) is 3.74. The molecule has 3 aromatic rings. The van der Waals surface area contributed by atoms with Crippen LogP contribution in [0.1, 0.15) is 36.6 Å². The molecular weight excluding hydrogens is 440 g/mol. The van der Waals surface area contributed by atoms with Crippen molar-refractivity contribution in [1.29, 1.82) is 0 Å². The predicted octanol–water partition coefficient (Wildman–Crippen LogP) is 3.43. The molecule has 4 rings (SSSR count). The molecule has 2 amide bonds. The minimum absolute atomic E-state index is 0.0873. The molecule has 0 bridgehead atoms. The summed E-state index contributed by atoms with van der Waals surface area (Å²) in [6, 6.07) is 19.8. The van der Waals surface area contributed by atoms with Gasteiger partial charge in [-0.3, -0.25) is 29.4 Å². The van der Waals surface area contributed by atoms with Gasteiger partial charge in [-0.1, -0.05) is 42.5 Å². The van der Waals surface area contributed by atoms with Crippen molar-refractivity contribution in [3.8, 4) is 0 Å². The van der Waals surface area contributed by atoms with Gasteiger partial charge in [0.1, 0.15) is 0 Å². The molecule has 34 heavy (non-hydrogen) atoms. The molecule has 0 N–H and O–H groups in total. The highest BCUT2D eigenvalue weighted by atomic mass is 16.6. The summed E-state index contributed by atoms with van der Waals surface area (Å²) in [7, 11) is 0. The number of non-ortho nitro benzene ring substituents is 1. The number of nitrogens with zero attached hydrogens (tertiary/aromatic N) is 2. The maximum Gasteiger partial charge on any atom is 0.345 e. The number of ether oxygens (including phenoxy) is 1. The molecule has 0 fully saturated rings. The first-order valence-electron chi connectivity index (χ1n) is 10.3. The normalized spacial score (nSPS) is 13.4. The number of rotatable bonds is 7. The average Bonchev–Trinajstić information content (AvgIpc) is 3.09. The largest absolute Gasteiger partial charge is 0.389 e. The summed E-state index contributed by atoms with van der Waals surface area (Å²) < 4.78 is 5.05. The lowest BCUT2D eigenvalue weighted by atomic mass is 9.98. The first-order valence-corrected chi connectivity index (χ1v) is 10.3. The molecule has 0 aliphatic carbocycles. The van der Waals surface area contributed by atoms with E-state index in [0.717, 1.165) is 4.90 Å². The van der Waals surface area contributed by atoms with Gasteiger partial charge in [0.15, 0.2) is 0 Å². The molecule has 9 heteroatoms. The molecule has 0 saturated carbocycles. The quantitative estimate of drug-likeness (QED) is 0.175. The van der Waals surface area contributed by atoms with Gasteiger partial charge >= 0.3 is 11.9 Å². The number of amides is 2. The Labute approximate surface area is 193 Å². The second-order valence-electron chi connectivity index (χ2n) is 7.67. The Balaban J connectivity index is 1.60. The third-order valence-corrected chi connectivity index (χ3v) is 5.42. The zero-order chi connectivity index (χ0) is 24.2. The number of esters is 2. The third kappa shape index (κ3) is 4.58. The summed E-state index contributed by atoms with van der Waals surface area (Å²) in [4.78, 5) is 62.5. The van der Waals surface area contributed by atoms with Crippen molar-refractivity contribution >= 4 is 29.4 Å². The Morgan fingerprint density at radius 1 is 0.882 bits per heavy atom. The van der Waals surface area contributed by atoms with Crippen LogP contribution in [-0.4, -0.2) is 40.1 Å². The van der Waals surface area contributed by atoms with Gasteiger partial charge in [0, 0.05) is 18.7 Å². The molecule has 1 aliphatic rings. The van der Waals surface area contributed by atoms with Crippen LogP contribution in [0.5, 0.6) is 0 Å². The number of carbonyl (C=O) groups is 4. The molecule has 1 atom stereocenters. The number of imide groups is 1. The van der Waals surface area contributed by atoms with E-state index < -0.39 is 34.6 Å². The van der Waals surface area contributed by atoms with Crippen LogP contribution >= 0.6 is 0 Å². The van der Waals surface area contributed by atoms with E-state index >= 15 is 0 Å². The monoisotopic (exact) mass is 458 g/mol. The van der Waals surface area contributed by atoms with Crippen molar-refractivity contribution in [2.24, 2.45) is 5.92 Å². The second-order valence-corrected chi connectivity index (χ2v) is 7.67. The van der Waals surface area contributed by atoms with E-state index in [0.29, 0.717) is 5.56 Å². The standard InChI is InChI=1S/C25H18N2O7/c28-22-20-11-4-5-12-21(20)23(29)26(22)15-18(13-16-7-6-10-19(14-16)27(32)33)25(31)34-24(30)17-8-2-1-3-9-17/h1-12,14,18H,13,15H2. The Bertz CT molecular complexity index is 1270. The summed E-state index contributed by atoms with van der Waals surface area (Å²) in [6.07, 6.45) is -0.0873. The fourth-order valence-corrected chi connectivity index (χ4v) is 3.74. The van der Waals surface area contributed by atoms with Crippen LogP contribution in [0.3, 0.4) is 0 Å². The van der Waals surface area contributed by atoms with Crippen LogP contribution in [0.15, 0.2) is 78.9 Å². The smallest absolute Gasteiger partial charge is 0.345 e. The van der Waals surface area contributed by atoms with E-state index in [1.165, 1.54) is 42.5 Å². The Hall–Kier alpha value is -4.66. The fraction of sp³-hybridized carbons (Fsp3) is 0.120. The number of fused-ring (bicyclic) bond motifs is 1. The first kappa shape index (κ1) is 22.5. The number of hydrogen-bond donors (Lipinski definition) is 0. The van der Waals surface area contributed by atoms with E-state index in [4.69, 9.17) is 4.74 Å². The minimum atomic E-state index is -1.13. The summed E-state index contributed by atoms with van der Waals surface area (Å²) in [5, 5.41) is 11.1. The molecule has 1 aliphatic heterocycles. The van der Waals surface area contributed by atoms with Crippen LogP contribution < -0.4 is 0 Å². The molecular formula is C25H18N2O7. The van der Waals surface area contributed by atoms with Gasteiger partial charge in [0.2, 0.25) is 0 Å². The first-order chi connectivity index (χ1) is 16.3. The molecule has 1 unspecified atom stereocenters. The van der Waals surface area contributed by atoms with Crippen molar-refractivity contribution in [2.45, 2.75) is 6.42 Å².